The number of halogens is 2. The number of benzene rings is 2. The van der Waals surface area contributed by atoms with Crippen molar-refractivity contribution in [3.63, 3.8) is 0 Å². The van der Waals surface area contributed by atoms with Crippen molar-refractivity contribution < 1.29 is 13.6 Å². The van der Waals surface area contributed by atoms with Crippen molar-refractivity contribution in [1.82, 2.24) is 4.90 Å². The lowest BCUT2D eigenvalue weighted by Gasteiger charge is -2.24. The molecule has 1 heterocycles. The van der Waals surface area contributed by atoms with Gasteiger partial charge in [0.05, 0.1) is 0 Å². The number of nitrogens with zero attached hydrogens (tertiary/aromatic N) is 1. The van der Waals surface area contributed by atoms with E-state index in [4.69, 9.17) is 0 Å². The second-order valence-electron chi connectivity index (χ2n) is 5.97. The molecule has 2 nitrogen and oxygen atoms in total. The number of rotatable bonds is 5. The van der Waals surface area contributed by atoms with E-state index in [0.717, 1.165) is 25.5 Å². The summed E-state index contributed by atoms with van der Waals surface area (Å²) in [6.07, 6.45) is 2.31. The van der Waals surface area contributed by atoms with Crippen molar-refractivity contribution >= 4 is 5.78 Å². The Morgan fingerprint density at radius 3 is 2.65 bits per heavy atom. The maximum atomic E-state index is 13.8. The van der Waals surface area contributed by atoms with Gasteiger partial charge in [-0.05, 0) is 25.5 Å². The molecule has 0 saturated carbocycles. The van der Waals surface area contributed by atoms with Gasteiger partial charge in [-0.25, -0.2) is 8.78 Å². The minimum Gasteiger partial charge on any atom is -0.296 e. The second kappa shape index (κ2) is 7.01. The average Bonchev–Trinajstić information content (AvgIpc) is 2.99. The van der Waals surface area contributed by atoms with Gasteiger partial charge < -0.3 is 0 Å². The monoisotopic (exact) mass is 315 g/mol. The Labute approximate surface area is 134 Å². The van der Waals surface area contributed by atoms with E-state index in [9.17, 15) is 13.6 Å². The van der Waals surface area contributed by atoms with Crippen LogP contribution < -0.4 is 0 Å². The molecule has 3 rings (SSSR count). The van der Waals surface area contributed by atoms with Gasteiger partial charge in [0, 0.05) is 30.1 Å². The molecule has 23 heavy (non-hydrogen) atoms. The highest BCUT2D eigenvalue weighted by Crippen LogP contribution is 2.25. The quantitative estimate of drug-likeness (QED) is 0.771. The van der Waals surface area contributed by atoms with Crippen molar-refractivity contribution in [3.8, 4) is 0 Å². The standard InChI is InChI=1S/C19H19F2NO/c20-17-10-4-8-15(19(17)21)13-22-11-5-9-16(22)12-18(23)14-6-2-1-3-7-14/h1-4,6-8,10,16H,5,9,11-13H2/t16-/m0/s1. The van der Waals surface area contributed by atoms with Gasteiger partial charge in [-0.3, -0.25) is 9.69 Å². The maximum absolute atomic E-state index is 13.8. The minimum absolute atomic E-state index is 0.0883. The lowest BCUT2D eigenvalue weighted by atomic mass is 10.0. The lowest BCUT2D eigenvalue weighted by Crippen LogP contribution is -2.31. The smallest absolute Gasteiger partial charge is 0.164 e. The first-order valence-electron chi connectivity index (χ1n) is 7.90. The van der Waals surface area contributed by atoms with Crippen LogP contribution >= 0.6 is 0 Å². The molecule has 0 spiro atoms. The molecule has 1 atom stereocenters. The number of hydrogen-bond acceptors (Lipinski definition) is 2. The molecule has 0 bridgehead atoms. The van der Waals surface area contributed by atoms with Gasteiger partial charge in [0.15, 0.2) is 17.4 Å². The van der Waals surface area contributed by atoms with Gasteiger partial charge in [0.2, 0.25) is 0 Å². The molecule has 1 saturated heterocycles. The van der Waals surface area contributed by atoms with E-state index < -0.39 is 11.6 Å². The summed E-state index contributed by atoms with van der Waals surface area (Å²) in [5.41, 5.74) is 1.06. The largest absolute Gasteiger partial charge is 0.296 e. The normalized spacial score (nSPS) is 18.3. The van der Waals surface area contributed by atoms with E-state index in [0.29, 0.717) is 24.1 Å². The minimum atomic E-state index is -0.821. The Morgan fingerprint density at radius 2 is 1.87 bits per heavy atom. The van der Waals surface area contributed by atoms with Crippen molar-refractivity contribution in [1.29, 1.82) is 0 Å². The number of hydrogen-bond donors (Lipinski definition) is 0. The van der Waals surface area contributed by atoms with Crippen LogP contribution in [0.25, 0.3) is 0 Å². The molecule has 0 unspecified atom stereocenters. The average molecular weight is 315 g/mol. The first-order chi connectivity index (χ1) is 11.1. The number of ketones is 1. The van der Waals surface area contributed by atoms with Crippen molar-refractivity contribution in [2.45, 2.75) is 31.8 Å². The highest BCUT2D eigenvalue weighted by Gasteiger charge is 2.27. The molecule has 1 aliphatic heterocycles. The van der Waals surface area contributed by atoms with Gasteiger partial charge in [-0.1, -0.05) is 42.5 Å². The lowest BCUT2D eigenvalue weighted by molar-refractivity contribution is 0.0938. The molecule has 120 valence electrons. The number of likely N-dealkylation sites (tertiary alicyclic amines) is 1. The van der Waals surface area contributed by atoms with E-state index in [1.807, 2.05) is 30.3 Å². The van der Waals surface area contributed by atoms with Crippen molar-refractivity contribution in [2.75, 3.05) is 6.54 Å². The third kappa shape index (κ3) is 3.64. The van der Waals surface area contributed by atoms with Crippen molar-refractivity contribution in [3.05, 3.63) is 71.3 Å². The summed E-state index contributed by atoms with van der Waals surface area (Å²) in [5.74, 6) is -1.51. The van der Waals surface area contributed by atoms with Gasteiger partial charge in [-0.2, -0.15) is 0 Å². The Balaban J connectivity index is 1.68. The Bertz CT molecular complexity index is 687. The highest BCUT2D eigenvalue weighted by atomic mass is 19.2. The van der Waals surface area contributed by atoms with Crippen molar-refractivity contribution in [2.24, 2.45) is 0 Å². The first kappa shape index (κ1) is 15.8. The topological polar surface area (TPSA) is 20.3 Å². The maximum Gasteiger partial charge on any atom is 0.164 e. The second-order valence-corrected chi connectivity index (χ2v) is 5.97. The van der Waals surface area contributed by atoms with Crippen LogP contribution in [0.3, 0.4) is 0 Å². The summed E-state index contributed by atoms with van der Waals surface area (Å²) >= 11 is 0. The van der Waals surface area contributed by atoms with Gasteiger partial charge >= 0.3 is 0 Å². The zero-order valence-corrected chi connectivity index (χ0v) is 12.8. The van der Waals surface area contributed by atoms with Crippen LogP contribution in [0, 0.1) is 11.6 Å². The number of carbonyl (C=O) groups is 1. The fraction of sp³-hybridized carbons (Fsp3) is 0.316. The first-order valence-corrected chi connectivity index (χ1v) is 7.90. The van der Waals surface area contributed by atoms with Crippen LogP contribution in [0.2, 0.25) is 0 Å². The predicted molar refractivity (Wildman–Crippen MR) is 85.2 cm³/mol. The molecular formula is C19H19F2NO. The van der Waals surface area contributed by atoms with E-state index >= 15 is 0 Å². The fourth-order valence-electron chi connectivity index (χ4n) is 3.18. The van der Waals surface area contributed by atoms with Crippen LogP contribution in [-0.4, -0.2) is 23.3 Å². The Hall–Kier alpha value is -2.07. The van der Waals surface area contributed by atoms with Crippen LogP contribution in [-0.2, 0) is 6.54 Å². The Kier molecular flexibility index (Phi) is 4.82. The van der Waals surface area contributed by atoms with Gasteiger partial charge in [-0.15, -0.1) is 0 Å². The van der Waals surface area contributed by atoms with Gasteiger partial charge in [0.1, 0.15) is 0 Å². The van der Waals surface area contributed by atoms with E-state index in [2.05, 4.69) is 4.90 Å². The number of carbonyl (C=O) groups excluding carboxylic acids is 1. The zero-order chi connectivity index (χ0) is 16.2. The molecule has 4 heteroatoms. The molecule has 0 amide bonds. The molecule has 0 radical (unpaired) electrons. The Morgan fingerprint density at radius 1 is 1.09 bits per heavy atom. The molecule has 1 aliphatic rings. The summed E-state index contributed by atoms with van der Waals surface area (Å²) in [6, 6.07) is 13.5. The van der Waals surface area contributed by atoms with E-state index in [1.165, 1.54) is 6.07 Å². The van der Waals surface area contributed by atoms with Crippen LogP contribution in [0.4, 0.5) is 8.78 Å². The van der Waals surface area contributed by atoms with Gasteiger partial charge in [0.25, 0.3) is 0 Å². The van der Waals surface area contributed by atoms with Crippen LogP contribution in [0.15, 0.2) is 48.5 Å². The molecule has 0 aliphatic carbocycles. The summed E-state index contributed by atoms with van der Waals surface area (Å²) < 4.78 is 27.2. The fourth-order valence-corrected chi connectivity index (χ4v) is 3.18. The molecule has 2 aromatic carbocycles. The van der Waals surface area contributed by atoms with Crippen LogP contribution in [0.1, 0.15) is 35.2 Å². The van der Waals surface area contributed by atoms with E-state index in [1.54, 1.807) is 6.07 Å². The predicted octanol–water partition coefficient (Wildman–Crippen LogP) is 4.20. The summed E-state index contributed by atoms with van der Waals surface area (Å²) in [7, 11) is 0. The SMILES string of the molecule is O=C(C[C@@H]1CCCN1Cc1cccc(F)c1F)c1ccccc1. The molecule has 0 aromatic heterocycles. The molecule has 0 N–H and O–H groups in total. The molecular weight excluding hydrogens is 296 g/mol. The summed E-state index contributed by atoms with van der Waals surface area (Å²) in [6.45, 7) is 1.15. The number of Topliss-reactive ketones (excluding diaryl/α,β-unsaturated/α-hetero) is 1. The van der Waals surface area contributed by atoms with E-state index in [-0.39, 0.29) is 11.8 Å². The molecule has 1 fully saturated rings. The zero-order valence-electron chi connectivity index (χ0n) is 12.8. The highest BCUT2D eigenvalue weighted by molar-refractivity contribution is 5.96. The van der Waals surface area contributed by atoms with Crippen LogP contribution in [0.5, 0.6) is 0 Å². The summed E-state index contributed by atoms with van der Waals surface area (Å²) in [4.78, 5) is 14.4. The molecule has 2 aromatic rings. The summed E-state index contributed by atoms with van der Waals surface area (Å²) in [5, 5.41) is 0. The third-order valence-electron chi connectivity index (χ3n) is 4.42. The third-order valence-corrected chi connectivity index (χ3v) is 4.42.